The largest absolute Gasteiger partial charge is 0.504 e. The van der Waals surface area contributed by atoms with Gasteiger partial charge in [0.25, 0.3) is 0 Å². The molecule has 0 saturated heterocycles. The molecule has 0 aliphatic heterocycles. The number of nitrogens with zero attached hydrogens (tertiary/aromatic N) is 1. The summed E-state index contributed by atoms with van der Waals surface area (Å²) in [5.74, 6) is -0.847. The number of thiophene rings is 1. The molecule has 0 fully saturated rings. The Morgan fingerprint density at radius 3 is 2.20 bits per heavy atom. The number of benzene rings is 2. The number of aromatic nitrogens is 2. The van der Waals surface area contributed by atoms with E-state index in [2.05, 4.69) is 9.97 Å². The van der Waals surface area contributed by atoms with E-state index in [0.29, 0.717) is 11.4 Å². The van der Waals surface area contributed by atoms with Gasteiger partial charge in [0, 0.05) is 11.1 Å². The molecule has 0 atom stereocenters. The molecule has 6 heteroatoms. The normalized spacial score (nSPS) is 10.9. The van der Waals surface area contributed by atoms with E-state index in [1.807, 2.05) is 47.8 Å². The SMILES string of the molecule is Oc1cc(-c2nc(-c3ccccc3)c(-c3cccs3)[nH]2)cc(O)c1O. The van der Waals surface area contributed by atoms with E-state index in [4.69, 9.17) is 0 Å². The molecule has 0 saturated carbocycles. The second-order valence-electron chi connectivity index (χ2n) is 5.52. The summed E-state index contributed by atoms with van der Waals surface area (Å²) in [7, 11) is 0. The lowest BCUT2D eigenvalue weighted by atomic mass is 10.1. The van der Waals surface area contributed by atoms with Crippen molar-refractivity contribution in [2.45, 2.75) is 0 Å². The van der Waals surface area contributed by atoms with Crippen LogP contribution in [-0.4, -0.2) is 25.3 Å². The molecule has 0 aliphatic carbocycles. The predicted molar refractivity (Wildman–Crippen MR) is 97.8 cm³/mol. The quantitative estimate of drug-likeness (QED) is 0.407. The highest BCUT2D eigenvalue weighted by atomic mass is 32.1. The highest BCUT2D eigenvalue weighted by Crippen LogP contribution is 2.40. The van der Waals surface area contributed by atoms with Crippen molar-refractivity contribution in [2.24, 2.45) is 0 Å². The van der Waals surface area contributed by atoms with E-state index in [1.54, 1.807) is 11.3 Å². The minimum atomic E-state index is -0.544. The van der Waals surface area contributed by atoms with Crippen LogP contribution in [0.25, 0.3) is 33.2 Å². The maximum atomic E-state index is 9.77. The van der Waals surface area contributed by atoms with Crippen molar-refractivity contribution in [3.05, 3.63) is 60.0 Å². The predicted octanol–water partition coefficient (Wildman–Crippen LogP) is 4.59. The first-order valence-electron chi connectivity index (χ1n) is 7.58. The molecule has 4 aromatic rings. The first-order valence-corrected chi connectivity index (χ1v) is 8.46. The number of phenols is 3. The minimum Gasteiger partial charge on any atom is -0.504 e. The Labute approximate surface area is 147 Å². The molecule has 25 heavy (non-hydrogen) atoms. The van der Waals surface area contributed by atoms with Gasteiger partial charge in [-0.05, 0) is 23.6 Å². The lowest BCUT2D eigenvalue weighted by molar-refractivity contribution is 0.368. The number of aromatic amines is 1. The van der Waals surface area contributed by atoms with Crippen LogP contribution in [0.3, 0.4) is 0 Å². The number of hydrogen-bond acceptors (Lipinski definition) is 5. The summed E-state index contributed by atoms with van der Waals surface area (Å²) in [5, 5.41) is 31.1. The van der Waals surface area contributed by atoms with Crippen LogP contribution >= 0.6 is 11.3 Å². The van der Waals surface area contributed by atoms with Crippen molar-refractivity contribution < 1.29 is 15.3 Å². The van der Waals surface area contributed by atoms with Crippen LogP contribution in [0.1, 0.15) is 0 Å². The standard InChI is InChI=1S/C19H14N2O3S/c22-13-9-12(10-14(23)18(13)24)19-20-16(11-5-2-1-3-6-11)17(21-19)15-7-4-8-25-15/h1-10,22-24H,(H,20,21). The van der Waals surface area contributed by atoms with Crippen LogP contribution in [-0.2, 0) is 0 Å². The van der Waals surface area contributed by atoms with Crippen LogP contribution < -0.4 is 0 Å². The Morgan fingerprint density at radius 1 is 0.840 bits per heavy atom. The second-order valence-corrected chi connectivity index (χ2v) is 6.46. The van der Waals surface area contributed by atoms with Gasteiger partial charge < -0.3 is 20.3 Å². The Hall–Kier alpha value is -3.25. The van der Waals surface area contributed by atoms with Crippen LogP contribution in [0.5, 0.6) is 17.2 Å². The van der Waals surface area contributed by atoms with Crippen LogP contribution in [0, 0.1) is 0 Å². The van der Waals surface area contributed by atoms with Crippen molar-refractivity contribution in [1.29, 1.82) is 0 Å². The summed E-state index contributed by atoms with van der Waals surface area (Å²) in [6.45, 7) is 0. The van der Waals surface area contributed by atoms with Crippen molar-refractivity contribution in [3.8, 4) is 50.5 Å². The Kier molecular flexibility index (Phi) is 3.66. The molecular formula is C19H14N2O3S. The third-order valence-electron chi connectivity index (χ3n) is 3.86. The molecule has 5 nitrogen and oxygen atoms in total. The number of hydrogen-bond donors (Lipinski definition) is 4. The highest BCUT2D eigenvalue weighted by Gasteiger charge is 2.18. The lowest BCUT2D eigenvalue weighted by Gasteiger charge is -2.03. The molecule has 0 amide bonds. The summed E-state index contributed by atoms with van der Waals surface area (Å²) < 4.78 is 0. The van der Waals surface area contributed by atoms with E-state index in [1.165, 1.54) is 12.1 Å². The molecule has 124 valence electrons. The van der Waals surface area contributed by atoms with Gasteiger partial charge in [-0.1, -0.05) is 36.4 Å². The Bertz CT molecular complexity index is 1000. The fourth-order valence-electron chi connectivity index (χ4n) is 2.65. The van der Waals surface area contributed by atoms with E-state index in [0.717, 1.165) is 21.8 Å². The lowest BCUT2D eigenvalue weighted by Crippen LogP contribution is -1.82. The van der Waals surface area contributed by atoms with Crippen molar-refractivity contribution in [1.82, 2.24) is 9.97 Å². The van der Waals surface area contributed by atoms with Gasteiger partial charge in [0.15, 0.2) is 17.2 Å². The van der Waals surface area contributed by atoms with E-state index in [9.17, 15) is 15.3 Å². The zero-order chi connectivity index (χ0) is 17.4. The molecule has 2 aromatic carbocycles. The summed E-state index contributed by atoms with van der Waals surface area (Å²) in [5.41, 5.74) is 3.08. The van der Waals surface area contributed by atoms with Gasteiger partial charge >= 0.3 is 0 Å². The summed E-state index contributed by atoms with van der Waals surface area (Å²) in [4.78, 5) is 8.97. The van der Waals surface area contributed by atoms with Gasteiger partial charge in [0.05, 0.1) is 16.3 Å². The first kappa shape index (κ1) is 15.3. The van der Waals surface area contributed by atoms with E-state index in [-0.39, 0.29) is 0 Å². The maximum absolute atomic E-state index is 9.77. The van der Waals surface area contributed by atoms with Gasteiger partial charge in [-0.25, -0.2) is 4.98 Å². The second kappa shape index (κ2) is 5.99. The molecule has 0 spiro atoms. The zero-order valence-electron chi connectivity index (χ0n) is 13.0. The molecule has 0 bridgehead atoms. The van der Waals surface area contributed by atoms with Crippen molar-refractivity contribution in [2.75, 3.05) is 0 Å². The smallest absolute Gasteiger partial charge is 0.200 e. The number of imidazole rings is 1. The molecule has 2 aromatic heterocycles. The minimum absolute atomic E-state index is 0.398. The monoisotopic (exact) mass is 350 g/mol. The Balaban J connectivity index is 1.91. The number of H-pyrrole nitrogens is 1. The highest BCUT2D eigenvalue weighted by molar-refractivity contribution is 7.13. The van der Waals surface area contributed by atoms with Gasteiger partial charge in [0.1, 0.15) is 5.82 Å². The maximum Gasteiger partial charge on any atom is 0.200 e. The van der Waals surface area contributed by atoms with Gasteiger partial charge in [-0.2, -0.15) is 0 Å². The van der Waals surface area contributed by atoms with Gasteiger partial charge in [0.2, 0.25) is 0 Å². The van der Waals surface area contributed by atoms with Crippen molar-refractivity contribution >= 4 is 11.3 Å². The van der Waals surface area contributed by atoms with Crippen molar-refractivity contribution in [3.63, 3.8) is 0 Å². The van der Waals surface area contributed by atoms with Crippen LogP contribution in [0.4, 0.5) is 0 Å². The number of rotatable bonds is 3. The van der Waals surface area contributed by atoms with E-state index < -0.39 is 17.2 Å². The van der Waals surface area contributed by atoms with Gasteiger partial charge in [-0.3, -0.25) is 0 Å². The van der Waals surface area contributed by atoms with Crippen LogP contribution in [0.2, 0.25) is 0 Å². The fourth-order valence-corrected chi connectivity index (χ4v) is 3.38. The first-order chi connectivity index (χ1) is 12.1. The molecule has 4 N–H and O–H groups in total. The molecule has 0 unspecified atom stereocenters. The number of nitrogens with one attached hydrogen (secondary N) is 1. The summed E-state index contributed by atoms with van der Waals surface area (Å²) in [6.07, 6.45) is 0. The molecular weight excluding hydrogens is 336 g/mol. The van der Waals surface area contributed by atoms with E-state index >= 15 is 0 Å². The molecule has 2 heterocycles. The summed E-state index contributed by atoms with van der Waals surface area (Å²) >= 11 is 1.59. The molecule has 4 rings (SSSR count). The average Bonchev–Trinajstić information content (AvgIpc) is 3.29. The third kappa shape index (κ3) is 2.72. The summed E-state index contributed by atoms with van der Waals surface area (Å²) in [6, 6.07) is 16.5. The number of aromatic hydroxyl groups is 3. The number of phenolic OH excluding ortho intramolecular Hbond substituents is 3. The van der Waals surface area contributed by atoms with Crippen LogP contribution in [0.15, 0.2) is 60.0 Å². The topological polar surface area (TPSA) is 89.4 Å². The van der Waals surface area contributed by atoms with Gasteiger partial charge in [-0.15, -0.1) is 11.3 Å². The zero-order valence-corrected chi connectivity index (χ0v) is 13.8. The average molecular weight is 350 g/mol. The molecule has 0 radical (unpaired) electrons. The Morgan fingerprint density at radius 2 is 1.56 bits per heavy atom. The fraction of sp³-hybridized carbons (Fsp3) is 0. The molecule has 0 aliphatic rings. The third-order valence-corrected chi connectivity index (χ3v) is 4.75.